The Morgan fingerprint density at radius 1 is 0.484 bits per heavy atom. The van der Waals surface area contributed by atoms with Gasteiger partial charge in [0, 0.05) is 22.3 Å². The minimum absolute atomic E-state index is 0.0159. The topological polar surface area (TPSA) is 35.5 Å². The van der Waals surface area contributed by atoms with Crippen LogP contribution in [-0.2, 0) is 10.8 Å². The van der Waals surface area contributed by atoms with E-state index in [0.717, 1.165) is 51.3 Å². The summed E-state index contributed by atoms with van der Waals surface area (Å²) in [4.78, 5) is 13.5. The molecule has 0 saturated heterocycles. The van der Waals surface area contributed by atoms with Crippen molar-refractivity contribution in [1.82, 2.24) is 0 Å². The van der Waals surface area contributed by atoms with E-state index in [4.69, 9.17) is 9.47 Å². The SMILES string of the molecule is CCC(C)(C)Oc1ccc(C2(c3ccc(Oc4ccc(C(=O)c5ccc(C(C)(C)C)cc5)cc4)c(-c4ccccc4)c3)c3ccccc3-c3ccccc32)cc1-c1ccccc1. The molecule has 3 nitrogen and oxygen atoms in total. The number of rotatable bonds is 11. The fourth-order valence-electron chi connectivity index (χ4n) is 8.87. The van der Waals surface area contributed by atoms with Gasteiger partial charge >= 0.3 is 0 Å². The summed E-state index contributed by atoms with van der Waals surface area (Å²) in [5.74, 6) is 2.22. The summed E-state index contributed by atoms with van der Waals surface area (Å²) in [5.41, 5.74) is 12.8. The van der Waals surface area contributed by atoms with Gasteiger partial charge in [0.15, 0.2) is 5.78 Å². The predicted octanol–water partition coefficient (Wildman–Crippen LogP) is 15.3. The molecular formula is C59H52O3. The van der Waals surface area contributed by atoms with Gasteiger partial charge in [0.2, 0.25) is 0 Å². The Hall–Kier alpha value is -6.97. The highest BCUT2D eigenvalue weighted by Crippen LogP contribution is 2.57. The van der Waals surface area contributed by atoms with Crippen molar-refractivity contribution in [3.63, 3.8) is 0 Å². The van der Waals surface area contributed by atoms with Crippen LogP contribution in [0.25, 0.3) is 33.4 Å². The highest BCUT2D eigenvalue weighted by atomic mass is 16.5. The number of fused-ring (bicyclic) bond motifs is 3. The fourth-order valence-corrected chi connectivity index (χ4v) is 8.87. The van der Waals surface area contributed by atoms with E-state index in [0.29, 0.717) is 16.9 Å². The highest BCUT2D eigenvalue weighted by Gasteiger charge is 2.46. The third-order valence-corrected chi connectivity index (χ3v) is 12.5. The van der Waals surface area contributed by atoms with Gasteiger partial charge in [-0.2, -0.15) is 0 Å². The quantitative estimate of drug-likeness (QED) is 0.122. The smallest absolute Gasteiger partial charge is 0.193 e. The Bertz CT molecular complexity index is 2840. The first-order chi connectivity index (χ1) is 30.0. The van der Waals surface area contributed by atoms with Gasteiger partial charge in [0.25, 0.3) is 0 Å². The molecule has 0 fully saturated rings. The van der Waals surface area contributed by atoms with Crippen LogP contribution in [0, 0.1) is 0 Å². The van der Waals surface area contributed by atoms with Crippen LogP contribution < -0.4 is 9.47 Å². The molecule has 3 heteroatoms. The predicted molar refractivity (Wildman–Crippen MR) is 255 cm³/mol. The lowest BCUT2D eigenvalue weighted by molar-refractivity contribution is 0.103. The first-order valence-corrected chi connectivity index (χ1v) is 21.7. The second-order valence-electron chi connectivity index (χ2n) is 18.0. The normalized spacial score (nSPS) is 12.9. The van der Waals surface area contributed by atoms with Crippen LogP contribution in [0.5, 0.6) is 17.2 Å². The molecule has 0 unspecified atom stereocenters. The van der Waals surface area contributed by atoms with Gasteiger partial charge in [-0.05, 0) is 124 Å². The van der Waals surface area contributed by atoms with Gasteiger partial charge in [-0.15, -0.1) is 0 Å². The molecule has 0 spiro atoms. The molecule has 1 aliphatic carbocycles. The van der Waals surface area contributed by atoms with Gasteiger partial charge < -0.3 is 9.47 Å². The number of benzene rings is 8. The van der Waals surface area contributed by atoms with Crippen molar-refractivity contribution < 1.29 is 14.3 Å². The lowest BCUT2D eigenvalue weighted by Crippen LogP contribution is -2.29. The van der Waals surface area contributed by atoms with Crippen LogP contribution in [0.3, 0.4) is 0 Å². The molecule has 0 amide bonds. The number of carbonyl (C=O) groups excluding carboxylic acids is 1. The maximum absolute atomic E-state index is 13.5. The van der Waals surface area contributed by atoms with E-state index in [1.165, 1.54) is 27.8 Å². The standard InChI is InChI=1S/C59H52O3/c1-7-58(5,6)62-55-37-33-46(39-51(55)41-20-12-9-13-21-41)59(52-24-16-14-22-48(52)49-23-15-17-25-53(49)59)45-32-36-54(50(38-45)40-18-10-8-11-19-40)61-47-34-28-43(29-35-47)56(60)42-26-30-44(31-27-42)57(2,3)4/h8-39H,7H2,1-6H3. The summed E-state index contributed by atoms with van der Waals surface area (Å²) in [6.07, 6.45) is 0.874. The Balaban J connectivity index is 1.19. The molecule has 62 heavy (non-hydrogen) atoms. The van der Waals surface area contributed by atoms with Crippen LogP contribution in [-0.4, -0.2) is 11.4 Å². The van der Waals surface area contributed by atoms with Crippen molar-refractivity contribution >= 4 is 5.78 Å². The fraction of sp³-hybridized carbons (Fsp3) is 0.169. The molecule has 0 aliphatic heterocycles. The highest BCUT2D eigenvalue weighted by molar-refractivity contribution is 6.09. The largest absolute Gasteiger partial charge is 0.487 e. The number of hydrogen-bond donors (Lipinski definition) is 0. The van der Waals surface area contributed by atoms with Crippen molar-refractivity contribution in [1.29, 1.82) is 0 Å². The Labute approximate surface area is 366 Å². The molecule has 1 aliphatic rings. The molecule has 0 heterocycles. The lowest BCUT2D eigenvalue weighted by atomic mass is 9.67. The number of ketones is 1. The van der Waals surface area contributed by atoms with E-state index < -0.39 is 5.41 Å². The number of carbonyl (C=O) groups is 1. The second kappa shape index (κ2) is 16.1. The summed E-state index contributed by atoms with van der Waals surface area (Å²) >= 11 is 0. The zero-order valence-corrected chi connectivity index (χ0v) is 36.4. The molecule has 306 valence electrons. The first kappa shape index (κ1) is 40.4. The van der Waals surface area contributed by atoms with Crippen LogP contribution in [0.1, 0.15) is 91.7 Å². The summed E-state index contributed by atoms with van der Waals surface area (Å²) in [6, 6.07) is 67.6. The summed E-state index contributed by atoms with van der Waals surface area (Å²) in [7, 11) is 0. The molecular weight excluding hydrogens is 757 g/mol. The molecule has 8 aromatic rings. The van der Waals surface area contributed by atoms with Crippen molar-refractivity contribution in [3.05, 3.63) is 233 Å². The zero-order valence-electron chi connectivity index (χ0n) is 36.4. The number of ether oxygens (including phenoxy) is 2. The van der Waals surface area contributed by atoms with Crippen LogP contribution >= 0.6 is 0 Å². The van der Waals surface area contributed by atoms with E-state index in [1.807, 2.05) is 54.6 Å². The number of hydrogen-bond acceptors (Lipinski definition) is 3. The minimum atomic E-state index is -0.676. The summed E-state index contributed by atoms with van der Waals surface area (Å²) < 4.78 is 13.6. The van der Waals surface area contributed by atoms with E-state index in [2.05, 4.69) is 181 Å². The molecule has 0 radical (unpaired) electrons. The Morgan fingerprint density at radius 2 is 0.935 bits per heavy atom. The van der Waals surface area contributed by atoms with Crippen LogP contribution in [0.4, 0.5) is 0 Å². The maximum atomic E-state index is 13.5. The Morgan fingerprint density at radius 3 is 1.44 bits per heavy atom. The average Bonchev–Trinajstić information content (AvgIpc) is 3.60. The third-order valence-electron chi connectivity index (χ3n) is 12.5. The maximum Gasteiger partial charge on any atom is 0.193 e. The summed E-state index contributed by atoms with van der Waals surface area (Å²) in [6.45, 7) is 13.0. The van der Waals surface area contributed by atoms with Crippen LogP contribution in [0.2, 0.25) is 0 Å². The first-order valence-electron chi connectivity index (χ1n) is 21.7. The zero-order chi connectivity index (χ0) is 43.1. The van der Waals surface area contributed by atoms with Crippen molar-refractivity contribution in [2.45, 2.75) is 64.4 Å². The third kappa shape index (κ3) is 7.43. The lowest BCUT2D eigenvalue weighted by Gasteiger charge is -2.35. The minimum Gasteiger partial charge on any atom is -0.487 e. The van der Waals surface area contributed by atoms with E-state index in [9.17, 15) is 4.79 Å². The van der Waals surface area contributed by atoms with E-state index in [-0.39, 0.29) is 16.8 Å². The van der Waals surface area contributed by atoms with Crippen LogP contribution in [0.15, 0.2) is 194 Å². The summed E-state index contributed by atoms with van der Waals surface area (Å²) in [5, 5.41) is 0. The monoisotopic (exact) mass is 808 g/mol. The van der Waals surface area contributed by atoms with Gasteiger partial charge in [-0.25, -0.2) is 0 Å². The van der Waals surface area contributed by atoms with Gasteiger partial charge in [-0.3, -0.25) is 4.79 Å². The molecule has 9 rings (SSSR count). The van der Waals surface area contributed by atoms with Crippen molar-refractivity contribution in [2.75, 3.05) is 0 Å². The molecule has 0 aromatic heterocycles. The molecule has 8 aromatic carbocycles. The van der Waals surface area contributed by atoms with E-state index in [1.54, 1.807) is 0 Å². The van der Waals surface area contributed by atoms with Gasteiger partial charge in [0.05, 0.1) is 5.41 Å². The van der Waals surface area contributed by atoms with Crippen molar-refractivity contribution in [2.24, 2.45) is 0 Å². The van der Waals surface area contributed by atoms with Gasteiger partial charge in [0.1, 0.15) is 22.8 Å². The molecule has 0 saturated carbocycles. The second-order valence-corrected chi connectivity index (χ2v) is 18.0. The molecule has 0 N–H and O–H groups in total. The Kier molecular flexibility index (Phi) is 10.5. The molecule has 0 atom stereocenters. The molecule has 0 bridgehead atoms. The van der Waals surface area contributed by atoms with Crippen molar-refractivity contribution in [3.8, 4) is 50.6 Å². The van der Waals surface area contributed by atoms with E-state index >= 15 is 0 Å². The van der Waals surface area contributed by atoms with Gasteiger partial charge in [-0.1, -0.05) is 173 Å². The average molecular weight is 809 g/mol.